The molecule has 0 bridgehead atoms. The first-order valence-corrected chi connectivity index (χ1v) is 8.08. The molecule has 17 heavy (non-hydrogen) atoms. The number of hydrogen-bond donors (Lipinski definition) is 1. The van der Waals surface area contributed by atoms with Crippen molar-refractivity contribution in [2.75, 3.05) is 37.7 Å². The van der Waals surface area contributed by atoms with E-state index in [2.05, 4.69) is 5.32 Å². The first-order chi connectivity index (χ1) is 8.07. The Kier molecular flexibility index (Phi) is 4.04. The summed E-state index contributed by atoms with van der Waals surface area (Å²) in [5.41, 5.74) is 0. The third kappa shape index (κ3) is 3.67. The average molecular weight is 260 g/mol. The van der Waals surface area contributed by atoms with E-state index in [0.29, 0.717) is 25.4 Å². The van der Waals surface area contributed by atoms with Gasteiger partial charge in [-0.05, 0) is 31.8 Å². The van der Waals surface area contributed by atoms with Crippen LogP contribution >= 0.6 is 0 Å². The SMILES string of the molecule is O=C(CC1CCNCC1)N1CCS(=O)(=O)CC1. The summed E-state index contributed by atoms with van der Waals surface area (Å²) in [6.45, 7) is 2.75. The van der Waals surface area contributed by atoms with E-state index in [1.54, 1.807) is 4.90 Å². The molecule has 0 atom stereocenters. The van der Waals surface area contributed by atoms with Crippen LogP contribution in [0.2, 0.25) is 0 Å². The maximum absolute atomic E-state index is 12.0. The predicted octanol–water partition coefficient (Wildman–Crippen LogP) is -0.367. The van der Waals surface area contributed by atoms with Crippen molar-refractivity contribution in [3.63, 3.8) is 0 Å². The minimum Gasteiger partial charge on any atom is -0.341 e. The van der Waals surface area contributed by atoms with E-state index in [1.807, 2.05) is 0 Å². The monoisotopic (exact) mass is 260 g/mol. The molecule has 0 radical (unpaired) electrons. The molecule has 2 rings (SSSR count). The molecule has 0 aromatic heterocycles. The van der Waals surface area contributed by atoms with Gasteiger partial charge >= 0.3 is 0 Å². The smallest absolute Gasteiger partial charge is 0.222 e. The normalized spacial score (nSPS) is 25.8. The highest BCUT2D eigenvalue weighted by atomic mass is 32.2. The number of piperidine rings is 1. The number of amides is 1. The molecule has 2 fully saturated rings. The number of sulfone groups is 1. The number of rotatable bonds is 2. The van der Waals surface area contributed by atoms with Crippen molar-refractivity contribution in [2.45, 2.75) is 19.3 Å². The number of nitrogens with zero attached hydrogens (tertiary/aromatic N) is 1. The Labute approximate surface area is 102 Å². The van der Waals surface area contributed by atoms with Crippen LogP contribution in [0.5, 0.6) is 0 Å². The lowest BCUT2D eigenvalue weighted by molar-refractivity contribution is -0.132. The fourth-order valence-electron chi connectivity index (χ4n) is 2.42. The molecule has 2 heterocycles. The van der Waals surface area contributed by atoms with E-state index in [9.17, 15) is 13.2 Å². The van der Waals surface area contributed by atoms with Gasteiger partial charge < -0.3 is 10.2 Å². The van der Waals surface area contributed by atoms with Gasteiger partial charge in [0.15, 0.2) is 9.84 Å². The van der Waals surface area contributed by atoms with Gasteiger partial charge in [-0.25, -0.2) is 8.42 Å². The molecule has 0 aromatic carbocycles. The average Bonchev–Trinajstić information content (AvgIpc) is 2.30. The zero-order valence-corrected chi connectivity index (χ0v) is 10.8. The van der Waals surface area contributed by atoms with Crippen molar-refractivity contribution in [3.05, 3.63) is 0 Å². The Morgan fingerprint density at radius 3 is 2.35 bits per heavy atom. The van der Waals surface area contributed by atoms with Crippen molar-refractivity contribution >= 4 is 15.7 Å². The van der Waals surface area contributed by atoms with Gasteiger partial charge in [-0.15, -0.1) is 0 Å². The summed E-state index contributed by atoms with van der Waals surface area (Å²) in [4.78, 5) is 13.7. The minimum atomic E-state index is -2.89. The third-order valence-corrected chi connectivity index (χ3v) is 5.23. The van der Waals surface area contributed by atoms with Crippen molar-refractivity contribution in [1.82, 2.24) is 10.2 Å². The van der Waals surface area contributed by atoms with Crippen LogP contribution in [0, 0.1) is 5.92 Å². The molecule has 2 saturated heterocycles. The van der Waals surface area contributed by atoms with E-state index in [-0.39, 0.29) is 17.4 Å². The Morgan fingerprint density at radius 1 is 1.18 bits per heavy atom. The lowest BCUT2D eigenvalue weighted by atomic mass is 9.94. The van der Waals surface area contributed by atoms with Gasteiger partial charge in [0.1, 0.15) is 0 Å². The van der Waals surface area contributed by atoms with Crippen LogP contribution in [0.25, 0.3) is 0 Å². The number of nitrogens with one attached hydrogen (secondary N) is 1. The molecule has 5 nitrogen and oxygen atoms in total. The van der Waals surface area contributed by atoms with Crippen molar-refractivity contribution in [3.8, 4) is 0 Å². The number of carbonyl (C=O) groups excluding carboxylic acids is 1. The molecule has 6 heteroatoms. The Morgan fingerprint density at radius 2 is 1.76 bits per heavy atom. The van der Waals surface area contributed by atoms with Crippen LogP contribution in [0.15, 0.2) is 0 Å². The summed E-state index contributed by atoms with van der Waals surface area (Å²) < 4.78 is 22.5. The molecule has 1 N–H and O–H groups in total. The summed E-state index contributed by atoms with van der Waals surface area (Å²) in [6.07, 6.45) is 2.69. The lowest BCUT2D eigenvalue weighted by Gasteiger charge is -2.29. The van der Waals surface area contributed by atoms with Crippen molar-refractivity contribution < 1.29 is 13.2 Å². The van der Waals surface area contributed by atoms with Gasteiger partial charge in [-0.1, -0.05) is 0 Å². The van der Waals surface area contributed by atoms with Gasteiger partial charge in [0, 0.05) is 19.5 Å². The van der Waals surface area contributed by atoms with E-state index in [4.69, 9.17) is 0 Å². The molecule has 1 amide bonds. The minimum absolute atomic E-state index is 0.130. The van der Waals surface area contributed by atoms with E-state index < -0.39 is 9.84 Å². The summed E-state index contributed by atoms with van der Waals surface area (Å²) >= 11 is 0. The van der Waals surface area contributed by atoms with E-state index in [0.717, 1.165) is 25.9 Å². The van der Waals surface area contributed by atoms with Crippen LogP contribution in [-0.4, -0.2) is 56.9 Å². The fourth-order valence-corrected chi connectivity index (χ4v) is 3.62. The van der Waals surface area contributed by atoms with Crippen LogP contribution in [-0.2, 0) is 14.6 Å². The predicted molar refractivity (Wildman–Crippen MR) is 65.4 cm³/mol. The van der Waals surface area contributed by atoms with Gasteiger partial charge in [0.2, 0.25) is 5.91 Å². The van der Waals surface area contributed by atoms with Gasteiger partial charge in [-0.3, -0.25) is 4.79 Å². The van der Waals surface area contributed by atoms with Crippen LogP contribution in [0.3, 0.4) is 0 Å². The Balaban J connectivity index is 1.80. The number of hydrogen-bond acceptors (Lipinski definition) is 4. The summed E-state index contributed by atoms with van der Waals surface area (Å²) in [6, 6.07) is 0. The molecule has 2 aliphatic heterocycles. The Hall–Kier alpha value is -0.620. The standard InChI is InChI=1S/C11H20N2O3S/c14-11(9-10-1-3-12-4-2-10)13-5-7-17(15,16)8-6-13/h10,12H,1-9H2. The molecular weight excluding hydrogens is 240 g/mol. The second-order valence-electron chi connectivity index (χ2n) is 4.93. The fraction of sp³-hybridized carbons (Fsp3) is 0.909. The molecular formula is C11H20N2O3S. The molecule has 0 spiro atoms. The van der Waals surface area contributed by atoms with Gasteiger partial charge in [0.25, 0.3) is 0 Å². The molecule has 2 aliphatic rings. The van der Waals surface area contributed by atoms with Gasteiger partial charge in [-0.2, -0.15) is 0 Å². The molecule has 0 saturated carbocycles. The lowest BCUT2D eigenvalue weighted by Crippen LogP contribution is -2.44. The number of carbonyl (C=O) groups is 1. The molecule has 0 aromatic rings. The first-order valence-electron chi connectivity index (χ1n) is 6.26. The second kappa shape index (κ2) is 5.35. The highest BCUT2D eigenvalue weighted by molar-refractivity contribution is 7.91. The summed E-state index contributed by atoms with van der Waals surface area (Å²) in [5.74, 6) is 0.865. The zero-order chi connectivity index (χ0) is 12.3. The second-order valence-corrected chi connectivity index (χ2v) is 7.23. The molecule has 0 unspecified atom stereocenters. The van der Waals surface area contributed by atoms with Crippen molar-refractivity contribution in [2.24, 2.45) is 5.92 Å². The van der Waals surface area contributed by atoms with Crippen molar-refractivity contribution in [1.29, 1.82) is 0 Å². The molecule has 0 aliphatic carbocycles. The zero-order valence-electron chi connectivity index (χ0n) is 10.0. The van der Waals surface area contributed by atoms with E-state index in [1.165, 1.54) is 0 Å². The van der Waals surface area contributed by atoms with E-state index >= 15 is 0 Å². The largest absolute Gasteiger partial charge is 0.341 e. The summed E-state index contributed by atoms with van der Waals surface area (Å²) in [5, 5.41) is 3.27. The summed E-state index contributed by atoms with van der Waals surface area (Å²) in [7, 11) is -2.89. The first kappa shape index (κ1) is 12.8. The molecule has 98 valence electrons. The maximum Gasteiger partial charge on any atom is 0.222 e. The maximum atomic E-state index is 12.0. The van der Waals surface area contributed by atoms with Crippen LogP contribution in [0.4, 0.5) is 0 Å². The van der Waals surface area contributed by atoms with Crippen LogP contribution < -0.4 is 5.32 Å². The van der Waals surface area contributed by atoms with Crippen LogP contribution in [0.1, 0.15) is 19.3 Å². The van der Waals surface area contributed by atoms with Gasteiger partial charge in [0.05, 0.1) is 11.5 Å². The Bertz CT molecular complexity index is 360. The quantitative estimate of drug-likeness (QED) is 0.736. The highest BCUT2D eigenvalue weighted by Gasteiger charge is 2.26. The third-order valence-electron chi connectivity index (χ3n) is 3.62. The topological polar surface area (TPSA) is 66.5 Å². The highest BCUT2D eigenvalue weighted by Crippen LogP contribution is 2.18.